The molecular formula is C15H21FN2O2. The van der Waals surface area contributed by atoms with Gasteiger partial charge >= 0.3 is 0 Å². The number of carbonyl (C=O) groups excluding carboxylic acids is 1. The lowest BCUT2D eigenvalue weighted by Gasteiger charge is -2.30. The molecule has 0 spiro atoms. The van der Waals surface area contributed by atoms with Crippen molar-refractivity contribution in [3.63, 3.8) is 0 Å². The lowest BCUT2D eigenvalue weighted by Crippen LogP contribution is -2.52. The molecule has 0 saturated carbocycles. The average Bonchev–Trinajstić information content (AvgIpc) is 2.41. The lowest BCUT2D eigenvalue weighted by molar-refractivity contribution is -0.121. The number of amides is 1. The molecule has 5 heteroatoms. The summed E-state index contributed by atoms with van der Waals surface area (Å²) in [4.78, 5) is 12.0. The minimum absolute atomic E-state index is 0.0740. The van der Waals surface area contributed by atoms with E-state index in [0.717, 1.165) is 19.4 Å². The van der Waals surface area contributed by atoms with E-state index in [2.05, 4.69) is 17.6 Å². The Balaban J connectivity index is 1.92. The minimum Gasteiger partial charge on any atom is -0.494 e. The van der Waals surface area contributed by atoms with Gasteiger partial charge < -0.3 is 15.4 Å². The molecule has 2 atom stereocenters. The van der Waals surface area contributed by atoms with Gasteiger partial charge in [0.25, 0.3) is 0 Å². The van der Waals surface area contributed by atoms with E-state index in [9.17, 15) is 9.18 Å². The number of rotatable bonds is 4. The van der Waals surface area contributed by atoms with Crippen LogP contribution in [0.4, 0.5) is 4.39 Å². The van der Waals surface area contributed by atoms with E-state index < -0.39 is 5.82 Å². The van der Waals surface area contributed by atoms with Crippen molar-refractivity contribution in [1.29, 1.82) is 0 Å². The number of halogens is 1. The van der Waals surface area contributed by atoms with Crippen LogP contribution >= 0.6 is 0 Å². The molecule has 1 amide bonds. The standard InChI is InChI=1S/C15H21FN2O2/c1-10-13(4-3-7-17-10)18-15(19)9-11-5-6-14(20-2)12(16)8-11/h5-6,8,10,13,17H,3-4,7,9H2,1-2H3,(H,18,19). The van der Waals surface area contributed by atoms with Crippen LogP contribution in [0.2, 0.25) is 0 Å². The second kappa shape index (κ2) is 6.70. The lowest BCUT2D eigenvalue weighted by atomic mass is 9.99. The van der Waals surface area contributed by atoms with Crippen LogP contribution < -0.4 is 15.4 Å². The zero-order chi connectivity index (χ0) is 14.5. The Kier molecular flexibility index (Phi) is 4.95. The number of ether oxygens (including phenoxy) is 1. The first kappa shape index (κ1) is 14.8. The smallest absolute Gasteiger partial charge is 0.224 e. The maximum absolute atomic E-state index is 13.6. The molecule has 2 rings (SSSR count). The Labute approximate surface area is 118 Å². The van der Waals surface area contributed by atoms with Crippen molar-refractivity contribution in [3.8, 4) is 5.75 Å². The third-order valence-corrected chi connectivity index (χ3v) is 3.69. The topological polar surface area (TPSA) is 50.4 Å². The highest BCUT2D eigenvalue weighted by molar-refractivity contribution is 5.79. The first-order valence-corrected chi connectivity index (χ1v) is 6.95. The summed E-state index contributed by atoms with van der Waals surface area (Å²) in [6.45, 7) is 3.06. The molecule has 1 heterocycles. The van der Waals surface area contributed by atoms with E-state index in [-0.39, 0.29) is 30.2 Å². The van der Waals surface area contributed by atoms with Crippen LogP contribution in [-0.2, 0) is 11.2 Å². The number of benzene rings is 1. The molecule has 1 aromatic carbocycles. The third kappa shape index (κ3) is 3.70. The van der Waals surface area contributed by atoms with E-state index in [1.165, 1.54) is 13.2 Å². The average molecular weight is 280 g/mol. The zero-order valence-electron chi connectivity index (χ0n) is 11.9. The van der Waals surface area contributed by atoms with Gasteiger partial charge in [-0.05, 0) is 44.0 Å². The van der Waals surface area contributed by atoms with Gasteiger partial charge in [-0.25, -0.2) is 4.39 Å². The Hall–Kier alpha value is -1.62. The molecule has 2 N–H and O–H groups in total. The van der Waals surface area contributed by atoms with Crippen molar-refractivity contribution in [2.45, 2.75) is 38.3 Å². The first-order valence-electron chi connectivity index (χ1n) is 6.95. The largest absolute Gasteiger partial charge is 0.494 e. The van der Waals surface area contributed by atoms with Crippen LogP contribution in [0.25, 0.3) is 0 Å². The number of carbonyl (C=O) groups is 1. The fourth-order valence-electron chi connectivity index (χ4n) is 2.50. The second-order valence-electron chi connectivity index (χ2n) is 5.20. The fourth-order valence-corrected chi connectivity index (χ4v) is 2.50. The van der Waals surface area contributed by atoms with Crippen LogP contribution in [0.3, 0.4) is 0 Å². The molecule has 2 unspecified atom stereocenters. The van der Waals surface area contributed by atoms with Crippen LogP contribution in [0, 0.1) is 5.82 Å². The molecule has 1 aromatic rings. The number of nitrogens with one attached hydrogen (secondary N) is 2. The van der Waals surface area contributed by atoms with Crippen molar-refractivity contribution in [3.05, 3.63) is 29.6 Å². The summed E-state index contributed by atoms with van der Waals surface area (Å²) in [7, 11) is 1.42. The van der Waals surface area contributed by atoms with Crippen molar-refractivity contribution in [2.75, 3.05) is 13.7 Å². The molecule has 1 fully saturated rings. The Morgan fingerprint density at radius 2 is 2.35 bits per heavy atom. The Morgan fingerprint density at radius 3 is 3.00 bits per heavy atom. The first-order chi connectivity index (χ1) is 9.60. The summed E-state index contributed by atoms with van der Waals surface area (Å²) >= 11 is 0. The van der Waals surface area contributed by atoms with E-state index >= 15 is 0 Å². The van der Waals surface area contributed by atoms with Gasteiger partial charge in [-0.3, -0.25) is 4.79 Å². The number of piperidine rings is 1. The van der Waals surface area contributed by atoms with E-state index in [1.807, 2.05) is 0 Å². The molecule has 1 saturated heterocycles. The van der Waals surface area contributed by atoms with Crippen molar-refractivity contribution in [1.82, 2.24) is 10.6 Å². The quantitative estimate of drug-likeness (QED) is 0.881. The van der Waals surface area contributed by atoms with Crippen LogP contribution in [-0.4, -0.2) is 31.6 Å². The molecule has 0 bridgehead atoms. The maximum atomic E-state index is 13.6. The SMILES string of the molecule is COc1ccc(CC(=O)NC2CCCNC2C)cc1F. The third-order valence-electron chi connectivity index (χ3n) is 3.69. The predicted molar refractivity (Wildman–Crippen MR) is 75.3 cm³/mol. The summed E-state index contributed by atoms with van der Waals surface area (Å²) < 4.78 is 18.4. The van der Waals surface area contributed by atoms with Gasteiger partial charge in [-0.15, -0.1) is 0 Å². The fraction of sp³-hybridized carbons (Fsp3) is 0.533. The van der Waals surface area contributed by atoms with Crippen LogP contribution in [0.5, 0.6) is 5.75 Å². The summed E-state index contributed by atoms with van der Waals surface area (Å²) in [6.07, 6.45) is 2.23. The normalized spacial score (nSPS) is 22.4. The van der Waals surface area contributed by atoms with Gasteiger partial charge in [0.2, 0.25) is 5.91 Å². The number of methoxy groups -OCH3 is 1. The van der Waals surface area contributed by atoms with Crippen LogP contribution in [0.15, 0.2) is 18.2 Å². The molecule has 0 aliphatic carbocycles. The van der Waals surface area contributed by atoms with Gasteiger partial charge in [0, 0.05) is 12.1 Å². The number of hydrogen-bond donors (Lipinski definition) is 2. The van der Waals surface area contributed by atoms with E-state index in [0.29, 0.717) is 5.56 Å². The molecule has 0 radical (unpaired) electrons. The summed E-state index contributed by atoms with van der Waals surface area (Å²) in [5.41, 5.74) is 0.650. The molecule has 1 aliphatic heterocycles. The second-order valence-corrected chi connectivity index (χ2v) is 5.20. The maximum Gasteiger partial charge on any atom is 0.224 e. The summed E-state index contributed by atoms with van der Waals surface area (Å²) in [5, 5.41) is 6.34. The van der Waals surface area contributed by atoms with E-state index in [4.69, 9.17) is 4.74 Å². The minimum atomic E-state index is -0.439. The highest BCUT2D eigenvalue weighted by Crippen LogP contribution is 2.18. The van der Waals surface area contributed by atoms with Crippen LogP contribution in [0.1, 0.15) is 25.3 Å². The molecule has 20 heavy (non-hydrogen) atoms. The van der Waals surface area contributed by atoms with Gasteiger partial charge in [-0.1, -0.05) is 6.07 Å². The molecule has 0 aromatic heterocycles. The summed E-state index contributed by atoms with van der Waals surface area (Å²) in [5.74, 6) is -0.320. The molecular weight excluding hydrogens is 259 g/mol. The number of hydrogen-bond acceptors (Lipinski definition) is 3. The van der Waals surface area contributed by atoms with Gasteiger partial charge in [0.05, 0.1) is 13.5 Å². The predicted octanol–water partition coefficient (Wildman–Crippen LogP) is 1.63. The molecule has 1 aliphatic rings. The monoisotopic (exact) mass is 280 g/mol. The van der Waals surface area contributed by atoms with Gasteiger partial charge in [0.15, 0.2) is 11.6 Å². The zero-order valence-corrected chi connectivity index (χ0v) is 11.9. The van der Waals surface area contributed by atoms with Crippen molar-refractivity contribution >= 4 is 5.91 Å². The molecule has 4 nitrogen and oxygen atoms in total. The van der Waals surface area contributed by atoms with Crippen molar-refractivity contribution < 1.29 is 13.9 Å². The highest BCUT2D eigenvalue weighted by Gasteiger charge is 2.22. The summed E-state index contributed by atoms with van der Waals surface area (Å²) in [6, 6.07) is 5.04. The highest BCUT2D eigenvalue weighted by atomic mass is 19.1. The Morgan fingerprint density at radius 1 is 1.55 bits per heavy atom. The molecule has 110 valence electrons. The van der Waals surface area contributed by atoms with E-state index in [1.54, 1.807) is 12.1 Å². The van der Waals surface area contributed by atoms with Gasteiger partial charge in [-0.2, -0.15) is 0 Å². The van der Waals surface area contributed by atoms with Gasteiger partial charge in [0.1, 0.15) is 0 Å². The van der Waals surface area contributed by atoms with Crippen molar-refractivity contribution in [2.24, 2.45) is 0 Å². The Bertz CT molecular complexity index is 479.